The average molecular weight is 319 g/mol. The average Bonchev–Trinajstić information content (AvgIpc) is 2.61. The van der Waals surface area contributed by atoms with Crippen molar-refractivity contribution < 1.29 is 9.53 Å². The van der Waals surface area contributed by atoms with Crippen LogP contribution in [0.25, 0.3) is 0 Å². The molecule has 0 amide bonds. The summed E-state index contributed by atoms with van der Waals surface area (Å²) in [6, 6.07) is 22.3. The van der Waals surface area contributed by atoms with E-state index in [2.05, 4.69) is 24.3 Å². The molecule has 0 aliphatic carbocycles. The maximum absolute atomic E-state index is 11.3. The second-order valence-corrected chi connectivity index (χ2v) is 5.61. The van der Waals surface area contributed by atoms with Crippen LogP contribution in [0.5, 0.6) is 0 Å². The lowest BCUT2D eigenvalue weighted by Gasteiger charge is -2.11. The zero-order chi connectivity index (χ0) is 17.2. The first-order valence-electron chi connectivity index (χ1n) is 8.07. The van der Waals surface area contributed by atoms with Gasteiger partial charge in [-0.05, 0) is 42.4 Å². The molecule has 0 saturated heterocycles. The molecular weight excluding hydrogens is 298 g/mol. The summed E-state index contributed by atoms with van der Waals surface area (Å²) in [5.41, 5.74) is 3.30. The van der Waals surface area contributed by atoms with E-state index in [4.69, 9.17) is 4.74 Å². The van der Waals surface area contributed by atoms with Crippen LogP contribution in [-0.4, -0.2) is 5.97 Å². The van der Waals surface area contributed by atoms with Crippen LogP contribution in [0.4, 0.5) is 0 Å². The van der Waals surface area contributed by atoms with Gasteiger partial charge in [-0.15, -0.1) is 0 Å². The van der Waals surface area contributed by atoms with Crippen molar-refractivity contribution >= 4 is 5.97 Å². The van der Waals surface area contributed by atoms with E-state index in [9.17, 15) is 10.1 Å². The van der Waals surface area contributed by atoms with E-state index >= 15 is 0 Å². The lowest BCUT2D eigenvalue weighted by atomic mass is 9.97. The Labute approximate surface area is 143 Å². The Morgan fingerprint density at radius 2 is 1.38 bits per heavy atom. The number of nitrogens with zero attached hydrogens (tertiary/aromatic N) is 1. The van der Waals surface area contributed by atoms with Crippen LogP contribution in [0.3, 0.4) is 0 Å². The number of nitriles is 1. The summed E-state index contributed by atoms with van der Waals surface area (Å²) in [4.78, 5) is 11.3. The van der Waals surface area contributed by atoms with Gasteiger partial charge in [0.25, 0.3) is 0 Å². The molecule has 3 heteroatoms. The summed E-state index contributed by atoms with van der Waals surface area (Å²) in [5, 5.41) is 9.35. The Kier molecular flexibility index (Phi) is 6.79. The van der Waals surface area contributed by atoms with Gasteiger partial charge >= 0.3 is 5.97 Å². The number of esters is 1. The number of hydrogen-bond acceptors (Lipinski definition) is 3. The third-order valence-corrected chi connectivity index (χ3v) is 3.79. The summed E-state index contributed by atoms with van der Waals surface area (Å²) in [6.45, 7) is 1.32. The molecule has 0 saturated carbocycles. The van der Waals surface area contributed by atoms with Crippen molar-refractivity contribution in [3.05, 3.63) is 83.1 Å². The van der Waals surface area contributed by atoms with E-state index < -0.39 is 5.97 Å². The maximum Gasteiger partial charge on any atom is 0.308 e. The van der Waals surface area contributed by atoms with Crippen LogP contribution in [0.1, 0.15) is 30.9 Å². The third kappa shape index (κ3) is 5.73. The van der Waals surface area contributed by atoms with Crippen molar-refractivity contribution in [3.63, 3.8) is 0 Å². The number of carbonyl (C=O) groups excluding carboxylic acids is 1. The van der Waals surface area contributed by atoms with Gasteiger partial charge in [0.2, 0.25) is 5.76 Å². The van der Waals surface area contributed by atoms with Crippen LogP contribution >= 0.6 is 0 Å². The van der Waals surface area contributed by atoms with Crippen LogP contribution in [-0.2, 0) is 22.4 Å². The number of ether oxygens (including phenoxy) is 1. The Hall–Kier alpha value is -2.86. The molecule has 0 aliphatic rings. The molecule has 0 radical (unpaired) electrons. The largest absolute Gasteiger partial charge is 0.415 e. The quantitative estimate of drug-likeness (QED) is 0.426. The van der Waals surface area contributed by atoms with Crippen molar-refractivity contribution in [2.45, 2.75) is 32.6 Å². The van der Waals surface area contributed by atoms with Gasteiger partial charge in [-0.25, -0.2) is 0 Å². The van der Waals surface area contributed by atoms with Crippen LogP contribution in [0.15, 0.2) is 72.0 Å². The molecule has 2 aromatic rings. The Morgan fingerprint density at radius 3 is 1.75 bits per heavy atom. The monoisotopic (exact) mass is 319 g/mol. The number of benzene rings is 2. The first-order valence-corrected chi connectivity index (χ1v) is 8.07. The SMILES string of the molecule is CC(=O)OC(C#N)=C(CCc1ccccc1)CCc1ccccc1. The number of carbonyl (C=O) groups is 1. The minimum absolute atomic E-state index is 0.148. The molecule has 122 valence electrons. The van der Waals surface area contributed by atoms with Gasteiger partial charge in [-0.2, -0.15) is 5.26 Å². The molecule has 2 rings (SSSR count). The van der Waals surface area contributed by atoms with Gasteiger partial charge in [0.05, 0.1) is 0 Å². The predicted octanol–water partition coefficient (Wildman–Crippen LogP) is 4.59. The van der Waals surface area contributed by atoms with Crippen molar-refractivity contribution in [2.75, 3.05) is 0 Å². The Morgan fingerprint density at radius 1 is 0.917 bits per heavy atom. The smallest absolute Gasteiger partial charge is 0.308 e. The van der Waals surface area contributed by atoms with E-state index in [1.54, 1.807) is 0 Å². The molecule has 0 aromatic heterocycles. The highest BCUT2D eigenvalue weighted by atomic mass is 16.5. The molecular formula is C21H21NO2. The lowest BCUT2D eigenvalue weighted by Crippen LogP contribution is -2.03. The third-order valence-electron chi connectivity index (χ3n) is 3.79. The van der Waals surface area contributed by atoms with E-state index in [1.165, 1.54) is 18.1 Å². The van der Waals surface area contributed by atoms with Gasteiger partial charge < -0.3 is 4.74 Å². The van der Waals surface area contributed by atoms with Gasteiger partial charge in [0.15, 0.2) is 0 Å². The molecule has 0 aliphatic heterocycles. The standard InChI is InChI=1S/C21H21NO2/c1-17(23)24-21(16-22)20(14-12-18-8-4-2-5-9-18)15-13-19-10-6-3-7-11-19/h2-11H,12-15H2,1H3. The van der Waals surface area contributed by atoms with E-state index in [-0.39, 0.29) is 5.76 Å². The normalized spacial score (nSPS) is 9.83. The molecule has 24 heavy (non-hydrogen) atoms. The molecule has 0 unspecified atom stereocenters. The van der Waals surface area contributed by atoms with Gasteiger partial charge in [-0.1, -0.05) is 60.7 Å². The van der Waals surface area contributed by atoms with Crippen molar-refractivity contribution in [3.8, 4) is 6.07 Å². The first kappa shape index (κ1) is 17.5. The highest BCUT2D eigenvalue weighted by Crippen LogP contribution is 2.20. The Bertz CT molecular complexity index is 682. The van der Waals surface area contributed by atoms with Gasteiger partial charge in [-0.3, -0.25) is 4.79 Å². The summed E-state index contributed by atoms with van der Waals surface area (Å²) in [6.07, 6.45) is 3.04. The second kappa shape index (κ2) is 9.32. The fraction of sp³-hybridized carbons (Fsp3) is 0.238. The zero-order valence-corrected chi connectivity index (χ0v) is 13.9. The molecule has 0 fully saturated rings. The van der Waals surface area contributed by atoms with Gasteiger partial charge in [0, 0.05) is 6.92 Å². The van der Waals surface area contributed by atoms with Gasteiger partial charge in [0.1, 0.15) is 6.07 Å². The second-order valence-electron chi connectivity index (χ2n) is 5.61. The fourth-order valence-corrected chi connectivity index (χ4v) is 2.55. The van der Waals surface area contributed by atoms with E-state index in [0.29, 0.717) is 12.8 Å². The van der Waals surface area contributed by atoms with E-state index in [1.807, 2.05) is 42.5 Å². The summed E-state index contributed by atoms with van der Waals surface area (Å²) < 4.78 is 5.12. The molecule has 0 spiro atoms. The highest BCUT2D eigenvalue weighted by molar-refractivity contribution is 5.68. The minimum atomic E-state index is -0.455. The summed E-state index contributed by atoms with van der Waals surface area (Å²) in [7, 11) is 0. The van der Waals surface area contributed by atoms with Crippen molar-refractivity contribution in [2.24, 2.45) is 0 Å². The zero-order valence-electron chi connectivity index (χ0n) is 13.9. The Balaban J connectivity index is 2.12. The number of aryl methyl sites for hydroxylation is 2. The minimum Gasteiger partial charge on any atom is -0.415 e. The topological polar surface area (TPSA) is 50.1 Å². The maximum atomic E-state index is 11.3. The molecule has 0 atom stereocenters. The summed E-state index contributed by atoms with van der Waals surface area (Å²) >= 11 is 0. The molecule has 0 heterocycles. The van der Waals surface area contributed by atoms with Crippen LogP contribution in [0, 0.1) is 11.3 Å². The van der Waals surface area contributed by atoms with Crippen molar-refractivity contribution in [1.82, 2.24) is 0 Å². The fourth-order valence-electron chi connectivity index (χ4n) is 2.55. The highest BCUT2D eigenvalue weighted by Gasteiger charge is 2.11. The molecule has 0 bridgehead atoms. The van der Waals surface area contributed by atoms with Crippen LogP contribution in [0.2, 0.25) is 0 Å². The van der Waals surface area contributed by atoms with Crippen molar-refractivity contribution in [1.29, 1.82) is 5.26 Å². The molecule has 3 nitrogen and oxygen atoms in total. The van der Waals surface area contributed by atoms with E-state index in [0.717, 1.165) is 18.4 Å². The number of rotatable bonds is 7. The number of hydrogen-bond donors (Lipinski definition) is 0. The lowest BCUT2D eigenvalue weighted by molar-refractivity contribution is -0.136. The predicted molar refractivity (Wildman–Crippen MR) is 93.9 cm³/mol. The number of allylic oxidation sites excluding steroid dienone is 2. The van der Waals surface area contributed by atoms with Crippen LogP contribution < -0.4 is 0 Å². The first-order chi connectivity index (χ1) is 11.7. The molecule has 0 N–H and O–H groups in total. The molecule has 2 aromatic carbocycles. The summed E-state index contributed by atoms with van der Waals surface area (Å²) in [5.74, 6) is -0.308.